The molecular formula is C20H23N3O2S. The normalized spacial score (nSPS) is 19.4. The Morgan fingerprint density at radius 3 is 2.73 bits per heavy atom. The first kappa shape index (κ1) is 17.1. The van der Waals surface area contributed by atoms with E-state index in [1.807, 2.05) is 29.2 Å². The minimum absolute atomic E-state index is 0.0688. The molecule has 2 N–H and O–H groups in total. The van der Waals surface area contributed by atoms with E-state index in [9.17, 15) is 9.59 Å². The third-order valence-electron chi connectivity index (χ3n) is 4.96. The highest BCUT2D eigenvalue weighted by molar-refractivity contribution is 7.10. The number of amides is 2. The van der Waals surface area contributed by atoms with Crippen LogP contribution in [0.25, 0.3) is 0 Å². The van der Waals surface area contributed by atoms with E-state index in [0.29, 0.717) is 17.3 Å². The van der Waals surface area contributed by atoms with E-state index in [1.54, 1.807) is 17.4 Å². The Morgan fingerprint density at radius 2 is 1.96 bits per heavy atom. The number of thiophene rings is 1. The molecule has 4 rings (SSSR count). The molecule has 2 heterocycles. The lowest BCUT2D eigenvalue weighted by Gasteiger charge is -2.24. The first-order valence-electron chi connectivity index (χ1n) is 9.19. The first-order valence-corrected chi connectivity index (χ1v) is 10.1. The van der Waals surface area contributed by atoms with Gasteiger partial charge in [0.15, 0.2) is 0 Å². The number of hydrogen-bond acceptors (Lipinski definition) is 4. The van der Waals surface area contributed by atoms with Crippen LogP contribution in [0.15, 0.2) is 41.8 Å². The summed E-state index contributed by atoms with van der Waals surface area (Å²) in [4.78, 5) is 28.4. The highest BCUT2D eigenvalue weighted by Crippen LogP contribution is 2.34. The number of benzene rings is 1. The lowest BCUT2D eigenvalue weighted by molar-refractivity contribution is -0.130. The van der Waals surface area contributed by atoms with Crippen LogP contribution in [0.3, 0.4) is 0 Å². The summed E-state index contributed by atoms with van der Waals surface area (Å²) in [7, 11) is 0. The molecule has 1 unspecified atom stereocenters. The Bertz CT molecular complexity index is 786. The summed E-state index contributed by atoms with van der Waals surface area (Å²) >= 11 is 1.71. The van der Waals surface area contributed by atoms with Crippen LogP contribution in [0.2, 0.25) is 0 Å². The monoisotopic (exact) mass is 369 g/mol. The molecule has 1 aliphatic carbocycles. The van der Waals surface area contributed by atoms with Gasteiger partial charge in [0.25, 0.3) is 5.91 Å². The molecule has 1 saturated heterocycles. The largest absolute Gasteiger partial charge is 0.376 e. The number of nitrogens with one attached hydrogen (secondary N) is 2. The fourth-order valence-corrected chi connectivity index (χ4v) is 4.31. The number of para-hydroxylation sites is 1. The number of rotatable bonds is 6. The van der Waals surface area contributed by atoms with Gasteiger partial charge in [0.2, 0.25) is 5.91 Å². The Labute approximate surface area is 157 Å². The smallest absolute Gasteiger partial charge is 0.253 e. The van der Waals surface area contributed by atoms with E-state index < -0.39 is 0 Å². The van der Waals surface area contributed by atoms with Gasteiger partial charge in [0, 0.05) is 23.2 Å². The van der Waals surface area contributed by atoms with Gasteiger partial charge < -0.3 is 15.5 Å². The number of carbonyl (C=O) groups is 2. The van der Waals surface area contributed by atoms with Gasteiger partial charge in [-0.2, -0.15) is 0 Å². The lowest BCUT2D eigenvalue weighted by Crippen LogP contribution is -2.35. The van der Waals surface area contributed by atoms with Gasteiger partial charge in [-0.05, 0) is 49.3 Å². The molecule has 1 aromatic heterocycles. The minimum Gasteiger partial charge on any atom is -0.376 e. The van der Waals surface area contributed by atoms with Gasteiger partial charge in [-0.3, -0.25) is 9.59 Å². The second-order valence-electron chi connectivity index (χ2n) is 6.91. The molecule has 0 spiro atoms. The Hall–Kier alpha value is -2.34. The molecule has 26 heavy (non-hydrogen) atoms. The summed E-state index contributed by atoms with van der Waals surface area (Å²) in [6.45, 7) is 1.00. The highest BCUT2D eigenvalue weighted by Gasteiger charge is 2.30. The van der Waals surface area contributed by atoms with Crippen molar-refractivity contribution < 1.29 is 9.59 Å². The molecule has 2 aromatic rings. The summed E-state index contributed by atoms with van der Waals surface area (Å²) in [5.74, 6) is 0.0130. The van der Waals surface area contributed by atoms with Gasteiger partial charge in [-0.1, -0.05) is 18.2 Å². The van der Waals surface area contributed by atoms with E-state index in [4.69, 9.17) is 0 Å². The van der Waals surface area contributed by atoms with Crippen molar-refractivity contribution in [1.82, 2.24) is 10.2 Å². The molecule has 1 atom stereocenters. The molecule has 5 nitrogen and oxygen atoms in total. The van der Waals surface area contributed by atoms with Crippen LogP contribution in [-0.4, -0.2) is 35.8 Å². The van der Waals surface area contributed by atoms with Crippen LogP contribution in [0.1, 0.15) is 47.0 Å². The highest BCUT2D eigenvalue weighted by atomic mass is 32.1. The van der Waals surface area contributed by atoms with Crippen molar-refractivity contribution in [1.29, 1.82) is 0 Å². The molecule has 6 heteroatoms. The van der Waals surface area contributed by atoms with E-state index in [1.165, 1.54) is 4.88 Å². The van der Waals surface area contributed by atoms with Crippen molar-refractivity contribution >= 4 is 28.8 Å². The maximum absolute atomic E-state index is 12.8. The zero-order chi connectivity index (χ0) is 17.9. The molecule has 0 radical (unpaired) electrons. The molecule has 1 saturated carbocycles. The Kier molecular flexibility index (Phi) is 4.93. The fourth-order valence-electron chi connectivity index (χ4n) is 3.44. The summed E-state index contributed by atoms with van der Waals surface area (Å²) in [6.07, 6.45) is 4.17. The van der Waals surface area contributed by atoms with Crippen molar-refractivity contribution in [3.05, 3.63) is 52.2 Å². The van der Waals surface area contributed by atoms with Crippen molar-refractivity contribution in [3.8, 4) is 0 Å². The van der Waals surface area contributed by atoms with E-state index >= 15 is 0 Å². The van der Waals surface area contributed by atoms with Crippen molar-refractivity contribution in [3.63, 3.8) is 0 Å². The third kappa shape index (κ3) is 3.75. The maximum atomic E-state index is 12.8. The molecule has 2 fully saturated rings. The topological polar surface area (TPSA) is 61.4 Å². The predicted octanol–water partition coefficient (Wildman–Crippen LogP) is 3.42. The maximum Gasteiger partial charge on any atom is 0.253 e. The minimum atomic E-state index is -0.0688. The van der Waals surface area contributed by atoms with E-state index in [0.717, 1.165) is 32.2 Å². The summed E-state index contributed by atoms with van der Waals surface area (Å²) < 4.78 is 0. The van der Waals surface area contributed by atoms with E-state index in [2.05, 4.69) is 22.1 Å². The number of carbonyl (C=O) groups excluding carboxylic acids is 2. The average molecular weight is 369 g/mol. The summed E-state index contributed by atoms with van der Waals surface area (Å²) in [5.41, 5.74) is 1.31. The SMILES string of the molecule is O=C(NC1CC1)c1ccccc1NCC(=O)N1CCCC1c1cccs1. The van der Waals surface area contributed by atoms with Gasteiger partial charge in [-0.15, -0.1) is 11.3 Å². The zero-order valence-electron chi connectivity index (χ0n) is 14.6. The molecule has 2 aliphatic rings. The fraction of sp³-hybridized carbons (Fsp3) is 0.400. The van der Waals surface area contributed by atoms with Crippen molar-refractivity contribution in [2.75, 3.05) is 18.4 Å². The van der Waals surface area contributed by atoms with Crippen LogP contribution in [0, 0.1) is 0 Å². The molecule has 0 bridgehead atoms. The second-order valence-corrected chi connectivity index (χ2v) is 7.89. The second kappa shape index (κ2) is 7.50. The van der Waals surface area contributed by atoms with Crippen LogP contribution in [0.4, 0.5) is 5.69 Å². The number of anilines is 1. The standard InChI is InChI=1S/C20H23N3O2S/c24-19(23-11-3-7-17(23)18-8-4-12-26-18)13-21-16-6-2-1-5-15(16)20(25)22-14-9-10-14/h1-2,4-6,8,12,14,17,21H,3,7,9-11,13H2,(H,22,25). The van der Waals surface area contributed by atoms with Crippen LogP contribution in [-0.2, 0) is 4.79 Å². The van der Waals surface area contributed by atoms with E-state index in [-0.39, 0.29) is 24.4 Å². The van der Waals surface area contributed by atoms with Crippen molar-refractivity contribution in [2.24, 2.45) is 0 Å². The van der Waals surface area contributed by atoms with Gasteiger partial charge in [0.1, 0.15) is 0 Å². The molecule has 1 aliphatic heterocycles. The Balaban J connectivity index is 1.40. The molecule has 2 amide bonds. The summed E-state index contributed by atoms with van der Waals surface area (Å²) in [5, 5.41) is 8.25. The summed E-state index contributed by atoms with van der Waals surface area (Å²) in [6, 6.07) is 12.0. The molecule has 1 aromatic carbocycles. The third-order valence-corrected chi connectivity index (χ3v) is 5.93. The number of nitrogens with zero attached hydrogens (tertiary/aromatic N) is 1. The first-order chi connectivity index (χ1) is 12.7. The lowest BCUT2D eigenvalue weighted by atomic mass is 10.1. The van der Waals surface area contributed by atoms with Gasteiger partial charge in [-0.25, -0.2) is 0 Å². The van der Waals surface area contributed by atoms with Crippen molar-refractivity contribution in [2.45, 2.75) is 37.8 Å². The zero-order valence-corrected chi connectivity index (χ0v) is 15.4. The van der Waals surface area contributed by atoms with Gasteiger partial charge >= 0.3 is 0 Å². The van der Waals surface area contributed by atoms with Gasteiger partial charge in [0.05, 0.1) is 18.2 Å². The molecular weight excluding hydrogens is 346 g/mol. The average Bonchev–Trinajstić information content (AvgIpc) is 3.14. The predicted molar refractivity (Wildman–Crippen MR) is 103 cm³/mol. The quantitative estimate of drug-likeness (QED) is 0.820. The molecule has 136 valence electrons. The van der Waals surface area contributed by atoms with Crippen LogP contribution in [0.5, 0.6) is 0 Å². The number of hydrogen-bond donors (Lipinski definition) is 2. The van der Waals surface area contributed by atoms with Crippen LogP contribution >= 0.6 is 11.3 Å². The van der Waals surface area contributed by atoms with Crippen LogP contribution < -0.4 is 10.6 Å². The number of likely N-dealkylation sites (tertiary alicyclic amines) is 1. The Morgan fingerprint density at radius 1 is 1.12 bits per heavy atom.